The van der Waals surface area contributed by atoms with Gasteiger partial charge in [-0.3, -0.25) is 4.79 Å². The Kier molecular flexibility index (Phi) is 3.97. The monoisotopic (exact) mass is 291 g/mol. The molecular weight excluding hydrogens is 266 g/mol. The number of hydrogen-bond donors (Lipinski definition) is 2. The molecular formula is C15H25N5O. The lowest BCUT2D eigenvalue weighted by Crippen LogP contribution is -2.50. The Balaban J connectivity index is 1.71. The number of hydrogen-bond acceptors (Lipinski definition) is 4. The summed E-state index contributed by atoms with van der Waals surface area (Å²) >= 11 is 0. The lowest BCUT2D eigenvalue weighted by Gasteiger charge is -2.36. The molecule has 2 aliphatic heterocycles. The van der Waals surface area contributed by atoms with E-state index in [0.29, 0.717) is 0 Å². The summed E-state index contributed by atoms with van der Waals surface area (Å²) in [5.74, 6) is 2.10. The number of aromatic nitrogens is 3. The van der Waals surface area contributed by atoms with Crippen LogP contribution in [0.4, 0.5) is 0 Å². The summed E-state index contributed by atoms with van der Waals surface area (Å²) in [5, 5.41) is 15.0. The van der Waals surface area contributed by atoms with Gasteiger partial charge in [0.05, 0.1) is 11.5 Å². The number of piperidine rings is 1. The summed E-state index contributed by atoms with van der Waals surface area (Å²) < 4.78 is 2.16. The van der Waals surface area contributed by atoms with Gasteiger partial charge in [0.25, 0.3) is 0 Å². The molecule has 21 heavy (non-hydrogen) atoms. The van der Waals surface area contributed by atoms with Crippen LogP contribution in [0.25, 0.3) is 0 Å². The van der Waals surface area contributed by atoms with Crippen LogP contribution in [0.5, 0.6) is 0 Å². The van der Waals surface area contributed by atoms with Crippen molar-refractivity contribution in [3.05, 3.63) is 11.6 Å². The van der Waals surface area contributed by atoms with Crippen molar-refractivity contribution in [2.75, 3.05) is 13.1 Å². The third-order valence-corrected chi connectivity index (χ3v) is 5.00. The molecule has 6 heteroatoms. The van der Waals surface area contributed by atoms with E-state index in [4.69, 9.17) is 0 Å². The van der Waals surface area contributed by atoms with Crippen molar-refractivity contribution in [2.24, 2.45) is 5.41 Å². The lowest BCUT2D eigenvalue weighted by molar-refractivity contribution is -0.133. The van der Waals surface area contributed by atoms with Gasteiger partial charge < -0.3 is 15.2 Å². The molecule has 3 heterocycles. The molecule has 116 valence electrons. The van der Waals surface area contributed by atoms with Crippen LogP contribution in [0.15, 0.2) is 0 Å². The number of rotatable bonds is 4. The van der Waals surface area contributed by atoms with Crippen molar-refractivity contribution in [1.29, 1.82) is 0 Å². The molecule has 0 spiro atoms. The normalized spacial score (nSPS) is 26.4. The number of carbonyl (C=O) groups excluding carboxylic acids is 1. The number of amides is 1. The average Bonchev–Trinajstić information content (AvgIpc) is 3.10. The number of nitrogens with one attached hydrogen (secondary N) is 2. The van der Waals surface area contributed by atoms with Crippen LogP contribution < -0.4 is 10.6 Å². The highest BCUT2D eigenvalue weighted by molar-refractivity contribution is 5.83. The maximum Gasteiger partial charge on any atom is 0.228 e. The van der Waals surface area contributed by atoms with E-state index in [1.54, 1.807) is 0 Å². The highest BCUT2D eigenvalue weighted by Gasteiger charge is 2.38. The molecule has 0 radical (unpaired) electrons. The summed E-state index contributed by atoms with van der Waals surface area (Å²) in [6.07, 6.45) is 5.03. The Morgan fingerprint density at radius 3 is 3.05 bits per heavy atom. The molecule has 0 saturated carbocycles. The van der Waals surface area contributed by atoms with E-state index in [-0.39, 0.29) is 17.4 Å². The van der Waals surface area contributed by atoms with E-state index in [2.05, 4.69) is 32.3 Å². The number of aryl methyl sites for hydroxylation is 1. The van der Waals surface area contributed by atoms with Gasteiger partial charge >= 0.3 is 0 Å². The quantitative estimate of drug-likeness (QED) is 0.874. The van der Waals surface area contributed by atoms with Crippen LogP contribution in [0.3, 0.4) is 0 Å². The second kappa shape index (κ2) is 5.75. The van der Waals surface area contributed by atoms with Gasteiger partial charge in [-0.05, 0) is 39.2 Å². The first-order valence-electron chi connectivity index (χ1n) is 8.10. The van der Waals surface area contributed by atoms with Gasteiger partial charge in [-0.1, -0.05) is 6.92 Å². The predicted octanol–water partition coefficient (Wildman–Crippen LogP) is 1.18. The van der Waals surface area contributed by atoms with Crippen LogP contribution in [0.2, 0.25) is 0 Å². The van der Waals surface area contributed by atoms with Crippen LogP contribution in [-0.4, -0.2) is 33.8 Å². The fourth-order valence-electron chi connectivity index (χ4n) is 3.53. The van der Waals surface area contributed by atoms with Gasteiger partial charge in [0.1, 0.15) is 5.82 Å². The zero-order chi connectivity index (χ0) is 14.9. The molecule has 2 unspecified atom stereocenters. The van der Waals surface area contributed by atoms with E-state index < -0.39 is 0 Å². The Morgan fingerprint density at radius 2 is 2.33 bits per heavy atom. The summed E-state index contributed by atoms with van der Waals surface area (Å²) in [5.41, 5.74) is -0.264. The van der Waals surface area contributed by atoms with Crippen molar-refractivity contribution in [1.82, 2.24) is 25.4 Å². The number of fused-ring (bicyclic) bond motifs is 1. The third kappa shape index (κ3) is 2.57. The zero-order valence-electron chi connectivity index (χ0n) is 13.0. The molecule has 6 nitrogen and oxygen atoms in total. The van der Waals surface area contributed by atoms with Crippen LogP contribution >= 0.6 is 0 Å². The topological polar surface area (TPSA) is 71.8 Å². The van der Waals surface area contributed by atoms with Crippen molar-refractivity contribution < 1.29 is 4.79 Å². The van der Waals surface area contributed by atoms with Crippen LogP contribution in [0, 0.1) is 5.41 Å². The van der Waals surface area contributed by atoms with Gasteiger partial charge in [0.15, 0.2) is 5.82 Å². The largest absolute Gasteiger partial charge is 0.346 e. The first kappa shape index (κ1) is 14.5. The molecule has 0 aliphatic carbocycles. The Hall–Kier alpha value is -1.43. The van der Waals surface area contributed by atoms with Gasteiger partial charge in [0.2, 0.25) is 5.91 Å². The van der Waals surface area contributed by atoms with E-state index >= 15 is 0 Å². The van der Waals surface area contributed by atoms with E-state index in [9.17, 15) is 4.79 Å². The molecule has 1 aromatic rings. The maximum absolute atomic E-state index is 12.7. The molecule has 2 atom stereocenters. The van der Waals surface area contributed by atoms with Crippen LogP contribution in [-0.2, 0) is 17.8 Å². The molecule has 1 fully saturated rings. The fraction of sp³-hybridized carbons (Fsp3) is 0.800. The summed E-state index contributed by atoms with van der Waals surface area (Å²) in [7, 11) is 0. The molecule has 0 aromatic carbocycles. The van der Waals surface area contributed by atoms with E-state index in [1.807, 2.05) is 6.92 Å². The first-order chi connectivity index (χ1) is 10.2. The van der Waals surface area contributed by atoms with Gasteiger partial charge in [-0.15, -0.1) is 10.2 Å². The van der Waals surface area contributed by atoms with Crippen molar-refractivity contribution in [2.45, 2.75) is 58.5 Å². The minimum Gasteiger partial charge on any atom is -0.346 e. The SMILES string of the molecule is CCC1(C(=O)NC(C)c2nnc3n2CCC3)CCCNC1. The molecule has 2 N–H and O–H groups in total. The van der Waals surface area contributed by atoms with Crippen molar-refractivity contribution >= 4 is 5.91 Å². The second-order valence-electron chi connectivity index (χ2n) is 6.34. The summed E-state index contributed by atoms with van der Waals surface area (Å²) in [6.45, 7) is 6.87. The maximum atomic E-state index is 12.7. The van der Waals surface area contributed by atoms with Crippen LogP contribution in [0.1, 0.15) is 57.2 Å². The summed E-state index contributed by atoms with van der Waals surface area (Å²) in [6, 6.07) is -0.0813. The highest BCUT2D eigenvalue weighted by atomic mass is 16.2. The number of carbonyl (C=O) groups is 1. The smallest absolute Gasteiger partial charge is 0.228 e. The van der Waals surface area contributed by atoms with Crippen molar-refractivity contribution in [3.63, 3.8) is 0 Å². The molecule has 1 aromatic heterocycles. The Morgan fingerprint density at radius 1 is 1.48 bits per heavy atom. The standard InChI is InChI=1S/C15H25N5O/c1-3-15(7-5-8-16-10-15)14(21)17-11(2)13-19-18-12-6-4-9-20(12)13/h11,16H,3-10H2,1-2H3,(H,17,21). The average molecular weight is 291 g/mol. The van der Waals surface area contributed by atoms with Gasteiger partial charge in [0, 0.05) is 19.5 Å². The fourth-order valence-corrected chi connectivity index (χ4v) is 3.53. The van der Waals surface area contributed by atoms with Crippen molar-refractivity contribution in [3.8, 4) is 0 Å². The Labute approximate surface area is 125 Å². The molecule has 1 saturated heterocycles. The molecule has 1 amide bonds. The van der Waals surface area contributed by atoms with Gasteiger partial charge in [-0.25, -0.2) is 0 Å². The minimum absolute atomic E-state index is 0.0813. The first-order valence-corrected chi connectivity index (χ1v) is 8.10. The third-order valence-electron chi connectivity index (χ3n) is 5.00. The second-order valence-corrected chi connectivity index (χ2v) is 6.34. The minimum atomic E-state index is -0.264. The van der Waals surface area contributed by atoms with E-state index in [1.165, 1.54) is 0 Å². The Bertz CT molecular complexity index is 518. The lowest BCUT2D eigenvalue weighted by atomic mass is 9.77. The molecule has 0 bridgehead atoms. The van der Waals surface area contributed by atoms with E-state index in [0.717, 1.165) is 63.4 Å². The molecule has 2 aliphatic rings. The number of nitrogens with zero attached hydrogens (tertiary/aromatic N) is 3. The predicted molar refractivity (Wildman–Crippen MR) is 79.7 cm³/mol. The highest BCUT2D eigenvalue weighted by Crippen LogP contribution is 2.31. The summed E-state index contributed by atoms with van der Waals surface area (Å²) in [4.78, 5) is 12.7. The van der Waals surface area contributed by atoms with Gasteiger partial charge in [-0.2, -0.15) is 0 Å². The zero-order valence-corrected chi connectivity index (χ0v) is 13.0. The molecule has 3 rings (SSSR count).